The van der Waals surface area contributed by atoms with Gasteiger partial charge in [-0.25, -0.2) is 0 Å². The topological polar surface area (TPSA) is 12.0 Å². The molecule has 0 atom stereocenters. The summed E-state index contributed by atoms with van der Waals surface area (Å²) in [5.41, 5.74) is 1.45. The summed E-state index contributed by atoms with van der Waals surface area (Å²) in [5.74, 6) is 0. The van der Waals surface area contributed by atoms with E-state index in [4.69, 9.17) is 0 Å². The fourth-order valence-corrected chi connectivity index (χ4v) is 3.07. The van der Waals surface area contributed by atoms with Crippen LogP contribution in [0.25, 0.3) is 0 Å². The first-order valence-electron chi connectivity index (χ1n) is 7.20. The lowest BCUT2D eigenvalue weighted by atomic mass is 10.1. The van der Waals surface area contributed by atoms with Crippen LogP contribution in [0.2, 0.25) is 0 Å². The van der Waals surface area contributed by atoms with Crippen molar-refractivity contribution in [3.63, 3.8) is 0 Å². The maximum Gasteiger partial charge on any atom is 0.0299 e. The Hall–Kier alpha value is -1.12. The molecular formula is C17H23NS. The van der Waals surface area contributed by atoms with Crippen LogP contribution in [0.5, 0.6) is 0 Å². The van der Waals surface area contributed by atoms with E-state index in [0.717, 1.165) is 19.5 Å². The largest absolute Gasteiger partial charge is 0.312 e. The van der Waals surface area contributed by atoms with Gasteiger partial charge in [0.25, 0.3) is 0 Å². The molecule has 0 amide bonds. The Bertz CT molecular complexity index is 461. The Balaban J connectivity index is 1.55. The molecule has 0 aliphatic carbocycles. The van der Waals surface area contributed by atoms with Crippen molar-refractivity contribution in [3.05, 3.63) is 57.8 Å². The highest BCUT2D eigenvalue weighted by Crippen LogP contribution is 2.16. The number of unbranched alkanes of at least 4 members (excludes halogenated alkanes) is 1. The summed E-state index contributed by atoms with van der Waals surface area (Å²) in [5, 5.41) is 3.54. The van der Waals surface area contributed by atoms with Gasteiger partial charge < -0.3 is 5.32 Å². The van der Waals surface area contributed by atoms with Gasteiger partial charge in [0.2, 0.25) is 0 Å². The molecule has 1 nitrogen and oxygen atoms in total. The number of hydrogen-bond donors (Lipinski definition) is 1. The Morgan fingerprint density at radius 1 is 0.947 bits per heavy atom. The number of aryl methyl sites for hydroxylation is 2. The van der Waals surface area contributed by atoms with Crippen LogP contribution in [0.15, 0.2) is 42.5 Å². The lowest BCUT2D eigenvalue weighted by Crippen LogP contribution is -2.13. The van der Waals surface area contributed by atoms with E-state index in [0.29, 0.717) is 0 Å². The Kier molecular flexibility index (Phi) is 6.12. The average molecular weight is 273 g/mol. The molecule has 2 heteroatoms. The van der Waals surface area contributed by atoms with E-state index in [-0.39, 0.29) is 0 Å². The molecule has 0 radical (unpaired) electrons. The maximum absolute atomic E-state index is 3.54. The predicted molar refractivity (Wildman–Crippen MR) is 84.8 cm³/mol. The molecule has 102 valence electrons. The van der Waals surface area contributed by atoms with Crippen LogP contribution in [-0.2, 0) is 19.4 Å². The van der Waals surface area contributed by atoms with Gasteiger partial charge in [-0.1, -0.05) is 37.3 Å². The first-order chi connectivity index (χ1) is 9.38. The SMILES string of the molecule is CCc1ccc(CNCCCCc2ccccc2)s1. The van der Waals surface area contributed by atoms with Crippen molar-refractivity contribution in [1.29, 1.82) is 0 Å². The molecule has 0 saturated carbocycles. The van der Waals surface area contributed by atoms with E-state index >= 15 is 0 Å². The molecule has 1 N–H and O–H groups in total. The Morgan fingerprint density at radius 3 is 2.47 bits per heavy atom. The van der Waals surface area contributed by atoms with Gasteiger partial charge in [-0.15, -0.1) is 11.3 Å². The van der Waals surface area contributed by atoms with Crippen LogP contribution in [0.4, 0.5) is 0 Å². The van der Waals surface area contributed by atoms with Crippen molar-refractivity contribution < 1.29 is 0 Å². The highest BCUT2D eigenvalue weighted by molar-refractivity contribution is 7.11. The first kappa shape index (κ1) is 14.3. The van der Waals surface area contributed by atoms with Gasteiger partial charge in [-0.2, -0.15) is 0 Å². The molecule has 1 aromatic carbocycles. The van der Waals surface area contributed by atoms with Gasteiger partial charge in [0.1, 0.15) is 0 Å². The molecule has 2 rings (SSSR count). The van der Waals surface area contributed by atoms with E-state index in [1.165, 1.54) is 34.6 Å². The zero-order chi connectivity index (χ0) is 13.3. The average Bonchev–Trinajstić information content (AvgIpc) is 2.92. The fraction of sp³-hybridized carbons (Fsp3) is 0.412. The third kappa shape index (κ3) is 5.17. The van der Waals surface area contributed by atoms with Gasteiger partial charge in [-0.3, -0.25) is 0 Å². The monoisotopic (exact) mass is 273 g/mol. The van der Waals surface area contributed by atoms with Gasteiger partial charge in [-0.05, 0) is 49.9 Å². The molecule has 0 aliphatic rings. The van der Waals surface area contributed by atoms with Crippen molar-refractivity contribution >= 4 is 11.3 Å². The summed E-state index contributed by atoms with van der Waals surface area (Å²) in [6.45, 7) is 4.36. The van der Waals surface area contributed by atoms with Crippen LogP contribution < -0.4 is 5.32 Å². The molecular weight excluding hydrogens is 250 g/mol. The Labute approximate surface area is 120 Å². The van der Waals surface area contributed by atoms with Gasteiger partial charge in [0.15, 0.2) is 0 Å². The van der Waals surface area contributed by atoms with E-state index in [1.54, 1.807) is 0 Å². The van der Waals surface area contributed by atoms with Crippen LogP contribution in [0.1, 0.15) is 35.1 Å². The highest BCUT2D eigenvalue weighted by atomic mass is 32.1. The molecule has 0 spiro atoms. The standard InChI is InChI=1S/C17H23NS/c1-2-16-11-12-17(19-16)14-18-13-7-6-10-15-8-4-3-5-9-15/h3-5,8-9,11-12,18H,2,6-7,10,13-14H2,1H3. The number of rotatable bonds is 8. The maximum atomic E-state index is 3.54. The molecule has 1 aromatic heterocycles. The molecule has 0 bridgehead atoms. The van der Waals surface area contributed by atoms with E-state index in [2.05, 4.69) is 54.7 Å². The first-order valence-corrected chi connectivity index (χ1v) is 8.02. The fourth-order valence-electron chi connectivity index (χ4n) is 2.14. The third-order valence-electron chi connectivity index (χ3n) is 3.28. The summed E-state index contributed by atoms with van der Waals surface area (Å²) in [6.07, 6.45) is 4.87. The van der Waals surface area contributed by atoms with Crippen molar-refractivity contribution in [2.75, 3.05) is 6.54 Å². The summed E-state index contributed by atoms with van der Waals surface area (Å²) < 4.78 is 0. The molecule has 19 heavy (non-hydrogen) atoms. The second kappa shape index (κ2) is 8.13. The van der Waals surface area contributed by atoms with Crippen molar-refractivity contribution in [3.8, 4) is 0 Å². The van der Waals surface area contributed by atoms with Crippen LogP contribution >= 0.6 is 11.3 Å². The number of thiophene rings is 1. The highest BCUT2D eigenvalue weighted by Gasteiger charge is 1.98. The minimum atomic E-state index is 1.02. The molecule has 0 fully saturated rings. The molecule has 0 unspecified atom stereocenters. The quantitative estimate of drug-likeness (QED) is 0.702. The van der Waals surface area contributed by atoms with Crippen LogP contribution in [-0.4, -0.2) is 6.54 Å². The lowest BCUT2D eigenvalue weighted by molar-refractivity contribution is 0.626. The van der Waals surface area contributed by atoms with Crippen molar-refractivity contribution in [1.82, 2.24) is 5.32 Å². The normalized spacial score (nSPS) is 10.8. The summed E-state index contributed by atoms with van der Waals surface area (Å²) in [4.78, 5) is 2.95. The summed E-state index contributed by atoms with van der Waals surface area (Å²) in [6, 6.07) is 15.2. The van der Waals surface area contributed by atoms with E-state index in [9.17, 15) is 0 Å². The van der Waals surface area contributed by atoms with Crippen LogP contribution in [0, 0.1) is 0 Å². The second-order valence-electron chi connectivity index (χ2n) is 4.84. The summed E-state index contributed by atoms with van der Waals surface area (Å²) in [7, 11) is 0. The smallest absolute Gasteiger partial charge is 0.0299 e. The van der Waals surface area contributed by atoms with Gasteiger partial charge in [0.05, 0.1) is 0 Å². The lowest BCUT2D eigenvalue weighted by Gasteiger charge is -2.03. The van der Waals surface area contributed by atoms with Gasteiger partial charge >= 0.3 is 0 Å². The minimum Gasteiger partial charge on any atom is -0.312 e. The molecule has 0 aliphatic heterocycles. The van der Waals surface area contributed by atoms with E-state index in [1.807, 2.05) is 11.3 Å². The van der Waals surface area contributed by atoms with Crippen molar-refractivity contribution in [2.24, 2.45) is 0 Å². The zero-order valence-corrected chi connectivity index (χ0v) is 12.5. The minimum absolute atomic E-state index is 1.02. The van der Waals surface area contributed by atoms with E-state index < -0.39 is 0 Å². The summed E-state index contributed by atoms with van der Waals surface area (Å²) >= 11 is 1.93. The zero-order valence-electron chi connectivity index (χ0n) is 11.7. The van der Waals surface area contributed by atoms with Gasteiger partial charge in [0, 0.05) is 16.3 Å². The van der Waals surface area contributed by atoms with Crippen molar-refractivity contribution in [2.45, 2.75) is 39.2 Å². The Morgan fingerprint density at radius 2 is 1.74 bits per heavy atom. The molecule has 2 aromatic rings. The molecule has 0 saturated heterocycles. The second-order valence-corrected chi connectivity index (χ2v) is 6.09. The van der Waals surface area contributed by atoms with Crippen LogP contribution in [0.3, 0.4) is 0 Å². The predicted octanol–water partition coefficient (Wildman–Crippen LogP) is 4.42. The number of hydrogen-bond acceptors (Lipinski definition) is 2. The number of benzene rings is 1. The molecule has 1 heterocycles. The third-order valence-corrected chi connectivity index (χ3v) is 4.51. The number of nitrogens with one attached hydrogen (secondary N) is 1.